The molecule has 35 heavy (non-hydrogen) atoms. The summed E-state index contributed by atoms with van der Waals surface area (Å²) in [6.07, 6.45) is 3.90. The number of nitrogens with two attached hydrogens (primary N) is 2. The van der Waals surface area contributed by atoms with Crippen LogP contribution in [-0.4, -0.2) is 13.2 Å². The van der Waals surface area contributed by atoms with Crippen LogP contribution >= 0.6 is 0 Å². The highest BCUT2D eigenvalue weighted by Crippen LogP contribution is 2.28. The van der Waals surface area contributed by atoms with Gasteiger partial charge in [0.15, 0.2) is 5.43 Å². The monoisotopic (exact) mass is 476 g/mol. The third kappa shape index (κ3) is 5.93. The van der Waals surface area contributed by atoms with Gasteiger partial charge in [0.2, 0.25) is 0 Å². The van der Waals surface area contributed by atoms with Gasteiger partial charge in [-0.3, -0.25) is 4.79 Å². The van der Waals surface area contributed by atoms with Crippen LogP contribution in [0.3, 0.4) is 0 Å². The highest BCUT2D eigenvalue weighted by molar-refractivity contribution is 5.80. The Labute approximate surface area is 203 Å². The molecule has 0 spiro atoms. The molecule has 4 N–H and O–H groups in total. The molecular formula is C28H29FN2O4. The Balaban J connectivity index is 1.23. The second-order valence-corrected chi connectivity index (χ2v) is 8.46. The maximum absolute atomic E-state index is 13.5. The summed E-state index contributed by atoms with van der Waals surface area (Å²) in [5.41, 5.74) is 14.2. The van der Waals surface area contributed by atoms with Gasteiger partial charge in [0, 0.05) is 22.9 Å². The smallest absolute Gasteiger partial charge is 0.196 e. The molecule has 0 unspecified atom stereocenters. The number of halogens is 1. The second kappa shape index (κ2) is 11.0. The Bertz CT molecular complexity index is 1370. The molecular weight excluding hydrogens is 447 g/mol. The van der Waals surface area contributed by atoms with E-state index in [2.05, 4.69) is 0 Å². The SMILES string of the molecule is Cc1c(-c2ccc(OCCCCCCOc3cc(N)ccc3N)cc2)oc2ccc(F)cc2c1=O. The van der Waals surface area contributed by atoms with Gasteiger partial charge in [0.1, 0.15) is 28.7 Å². The molecule has 4 rings (SSSR count). The van der Waals surface area contributed by atoms with E-state index in [4.69, 9.17) is 25.4 Å². The molecule has 4 aromatic rings. The minimum Gasteiger partial charge on any atom is -0.494 e. The number of nitrogen functional groups attached to an aromatic ring is 2. The molecule has 7 heteroatoms. The molecule has 1 heterocycles. The van der Waals surface area contributed by atoms with E-state index in [0.29, 0.717) is 47.2 Å². The highest BCUT2D eigenvalue weighted by Gasteiger charge is 2.13. The fourth-order valence-electron chi connectivity index (χ4n) is 3.84. The lowest BCUT2D eigenvalue weighted by molar-refractivity contribution is 0.288. The van der Waals surface area contributed by atoms with Crippen molar-refractivity contribution in [1.82, 2.24) is 0 Å². The van der Waals surface area contributed by atoms with E-state index in [0.717, 1.165) is 37.0 Å². The van der Waals surface area contributed by atoms with Crippen molar-refractivity contribution in [3.05, 3.63) is 82.3 Å². The molecule has 1 aromatic heterocycles. The fraction of sp³-hybridized carbons (Fsp3) is 0.250. The van der Waals surface area contributed by atoms with Crippen molar-refractivity contribution in [2.24, 2.45) is 0 Å². The van der Waals surface area contributed by atoms with Gasteiger partial charge < -0.3 is 25.4 Å². The van der Waals surface area contributed by atoms with Gasteiger partial charge in [-0.1, -0.05) is 0 Å². The van der Waals surface area contributed by atoms with Crippen molar-refractivity contribution in [1.29, 1.82) is 0 Å². The van der Waals surface area contributed by atoms with Crippen molar-refractivity contribution in [2.75, 3.05) is 24.7 Å². The number of ether oxygens (including phenoxy) is 2. The van der Waals surface area contributed by atoms with Crippen LogP contribution < -0.4 is 26.4 Å². The van der Waals surface area contributed by atoms with Gasteiger partial charge in [0.05, 0.1) is 24.3 Å². The molecule has 0 aliphatic rings. The minimum atomic E-state index is -0.463. The zero-order chi connectivity index (χ0) is 24.8. The molecule has 0 saturated heterocycles. The van der Waals surface area contributed by atoms with Gasteiger partial charge in [-0.15, -0.1) is 0 Å². The summed E-state index contributed by atoms with van der Waals surface area (Å²) < 4.78 is 31.0. The highest BCUT2D eigenvalue weighted by atomic mass is 19.1. The minimum absolute atomic E-state index is 0.233. The molecule has 0 aliphatic carbocycles. The number of rotatable bonds is 10. The van der Waals surface area contributed by atoms with Crippen LogP contribution in [0.5, 0.6) is 11.5 Å². The van der Waals surface area contributed by atoms with Crippen LogP contribution in [0.15, 0.2) is 69.9 Å². The van der Waals surface area contributed by atoms with Crippen molar-refractivity contribution < 1.29 is 18.3 Å². The Morgan fingerprint density at radius 3 is 2.31 bits per heavy atom. The molecule has 0 amide bonds. The van der Waals surface area contributed by atoms with Gasteiger partial charge in [-0.2, -0.15) is 0 Å². The molecule has 6 nitrogen and oxygen atoms in total. The first-order valence-corrected chi connectivity index (χ1v) is 11.7. The standard InChI is InChI=1S/C28H29FN2O4/c1-18-27(32)23-16-20(29)8-13-25(23)35-28(18)19-6-10-22(11-7-19)33-14-4-2-3-5-15-34-26-17-21(30)9-12-24(26)31/h6-13,16-17H,2-5,14-15,30-31H2,1H3. The number of anilines is 2. The summed E-state index contributed by atoms with van der Waals surface area (Å²) in [6, 6.07) is 16.6. The van der Waals surface area contributed by atoms with E-state index in [1.165, 1.54) is 18.2 Å². The maximum Gasteiger partial charge on any atom is 0.196 e. The van der Waals surface area contributed by atoms with Crippen LogP contribution in [0.25, 0.3) is 22.3 Å². The number of hydrogen-bond acceptors (Lipinski definition) is 6. The first-order chi connectivity index (χ1) is 16.9. The number of fused-ring (bicyclic) bond motifs is 1. The second-order valence-electron chi connectivity index (χ2n) is 8.46. The van der Waals surface area contributed by atoms with Gasteiger partial charge in [-0.25, -0.2) is 4.39 Å². The predicted molar refractivity (Wildman–Crippen MR) is 137 cm³/mol. The Morgan fingerprint density at radius 1 is 0.857 bits per heavy atom. The van der Waals surface area contributed by atoms with Crippen molar-refractivity contribution in [3.63, 3.8) is 0 Å². The van der Waals surface area contributed by atoms with Crippen LogP contribution in [0, 0.1) is 12.7 Å². The van der Waals surface area contributed by atoms with E-state index >= 15 is 0 Å². The normalized spacial score (nSPS) is 11.0. The third-order valence-electron chi connectivity index (χ3n) is 5.80. The first-order valence-electron chi connectivity index (χ1n) is 11.7. The van der Waals surface area contributed by atoms with Crippen LogP contribution in [-0.2, 0) is 0 Å². The number of benzene rings is 3. The van der Waals surface area contributed by atoms with Crippen LogP contribution in [0.4, 0.5) is 15.8 Å². The summed E-state index contributed by atoms with van der Waals surface area (Å²) in [5, 5.41) is 0.242. The maximum atomic E-state index is 13.5. The topological polar surface area (TPSA) is 101 Å². The lowest BCUT2D eigenvalue weighted by Gasteiger charge is -2.10. The van der Waals surface area contributed by atoms with Crippen LogP contribution in [0.2, 0.25) is 0 Å². The summed E-state index contributed by atoms with van der Waals surface area (Å²) in [6.45, 7) is 2.89. The number of unbranched alkanes of at least 4 members (excludes halogenated alkanes) is 3. The zero-order valence-corrected chi connectivity index (χ0v) is 19.7. The molecule has 0 bridgehead atoms. The Hall–Kier alpha value is -4.00. The molecule has 0 saturated carbocycles. The third-order valence-corrected chi connectivity index (χ3v) is 5.80. The Kier molecular flexibility index (Phi) is 7.55. The predicted octanol–water partition coefficient (Wildman–Crippen LogP) is 6.09. The summed E-state index contributed by atoms with van der Waals surface area (Å²) in [5.74, 6) is 1.39. The average molecular weight is 477 g/mol. The quantitative estimate of drug-likeness (QED) is 0.212. The van der Waals surface area contributed by atoms with E-state index < -0.39 is 5.82 Å². The van der Waals surface area contributed by atoms with Crippen molar-refractivity contribution in [2.45, 2.75) is 32.6 Å². The van der Waals surface area contributed by atoms with E-state index in [-0.39, 0.29) is 10.8 Å². The lowest BCUT2D eigenvalue weighted by atomic mass is 10.1. The first kappa shape index (κ1) is 24.1. The molecule has 0 atom stereocenters. The fourth-order valence-corrected chi connectivity index (χ4v) is 3.84. The summed E-state index contributed by atoms with van der Waals surface area (Å²) >= 11 is 0. The van der Waals surface area contributed by atoms with Crippen molar-refractivity contribution in [3.8, 4) is 22.8 Å². The zero-order valence-electron chi connectivity index (χ0n) is 19.7. The van der Waals surface area contributed by atoms with Gasteiger partial charge >= 0.3 is 0 Å². The largest absolute Gasteiger partial charge is 0.494 e. The molecule has 0 radical (unpaired) electrons. The average Bonchev–Trinajstić information content (AvgIpc) is 2.86. The summed E-state index contributed by atoms with van der Waals surface area (Å²) in [4.78, 5) is 12.6. The van der Waals surface area contributed by atoms with Gasteiger partial charge in [0.25, 0.3) is 0 Å². The van der Waals surface area contributed by atoms with E-state index in [1.807, 2.05) is 24.3 Å². The molecule has 182 valence electrons. The summed E-state index contributed by atoms with van der Waals surface area (Å²) in [7, 11) is 0. The molecule has 0 aliphatic heterocycles. The van der Waals surface area contributed by atoms with Crippen molar-refractivity contribution >= 4 is 22.3 Å². The number of hydrogen-bond donors (Lipinski definition) is 2. The van der Waals surface area contributed by atoms with Gasteiger partial charge in [-0.05, 0) is 87.2 Å². The van der Waals surface area contributed by atoms with Crippen LogP contribution in [0.1, 0.15) is 31.2 Å². The molecule has 0 fully saturated rings. The van der Waals surface area contributed by atoms with E-state index in [1.54, 1.807) is 25.1 Å². The molecule has 3 aromatic carbocycles. The Morgan fingerprint density at radius 2 is 1.57 bits per heavy atom. The van der Waals surface area contributed by atoms with E-state index in [9.17, 15) is 9.18 Å². The lowest BCUT2D eigenvalue weighted by Crippen LogP contribution is -2.07.